The number of aryl methyl sites for hydroxylation is 1. The highest BCUT2D eigenvalue weighted by Crippen LogP contribution is 2.20. The number of hydrogen-bond acceptors (Lipinski definition) is 4. The van der Waals surface area contributed by atoms with Gasteiger partial charge in [0, 0.05) is 11.3 Å². The Hall–Kier alpha value is -3.72. The summed E-state index contributed by atoms with van der Waals surface area (Å²) in [5, 5.41) is 2.51. The molecule has 0 fully saturated rings. The molecule has 0 spiro atoms. The van der Waals surface area contributed by atoms with Gasteiger partial charge in [0.2, 0.25) is 0 Å². The van der Waals surface area contributed by atoms with Crippen molar-refractivity contribution in [2.45, 2.75) is 11.8 Å². The molecule has 3 aromatic rings. The zero-order chi connectivity index (χ0) is 21.9. The summed E-state index contributed by atoms with van der Waals surface area (Å²) >= 11 is 0. The van der Waals surface area contributed by atoms with Gasteiger partial charge in [-0.3, -0.25) is 14.3 Å². The summed E-state index contributed by atoms with van der Waals surface area (Å²) < 4.78 is 41.2. The summed E-state index contributed by atoms with van der Waals surface area (Å²) in [5.41, 5.74) is 6.32. The molecule has 0 saturated carbocycles. The van der Waals surface area contributed by atoms with Crippen LogP contribution < -0.4 is 15.8 Å². The Balaban J connectivity index is 1.77. The number of halogens is 1. The Labute approximate surface area is 172 Å². The molecular weight excluding hydrogens is 409 g/mol. The number of amides is 2. The molecule has 2 amide bonds. The molecule has 154 valence electrons. The third kappa shape index (κ3) is 4.64. The summed E-state index contributed by atoms with van der Waals surface area (Å²) in [5.74, 6) is -2.32. The Morgan fingerprint density at radius 3 is 2.27 bits per heavy atom. The molecule has 0 aliphatic rings. The fraction of sp³-hybridized carbons (Fsp3) is 0.0476. The quantitative estimate of drug-likeness (QED) is 0.559. The Morgan fingerprint density at radius 1 is 0.967 bits per heavy atom. The number of anilines is 2. The highest BCUT2D eigenvalue weighted by molar-refractivity contribution is 7.92. The van der Waals surface area contributed by atoms with Crippen LogP contribution in [0.3, 0.4) is 0 Å². The van der Waals surface area contributed by atoms with Crippen molar-refractivity contribution in [3.8, 4) is 0 Å². The van der Waals surface area contributed by atoms with Crippen molar-refractivity contribution in [2.24, 2.45) is 5.73 Å². The first-order chi connectivity index (χ1) is 14.2. The van der Waals surface area contributed by atoms with Crippen molar-refractivity contribution < 1.29 is 22.4 Å². The number of carbonyl (C=O) groups is 2. The molecule has 0 unspecified atom stereocenters. The van der Waals surface area contributed by atoms with Gasteiger partial charge in [-0.15, -0.1) is 0 Å². The van der Waals surface area contributed by atoms with E-state index >= 15 is 0 Å². The van der Waals surface area contributed by atoms with Crippen LogP contribution in [0.25, 0.3) is 0 Å². The number of hydrogen-bond donors (Lipinski definition) is 3. The van der Waals surface area contributed by atoms with Crippen LogP contribution in [0.15, 0.2) is 71.6 Å². The third-order valence-electron chi connectivity index (χ3n) is 4.31. The van der Waals surface area contributed by atoms with Gasteiger partial charge in [-0.1, -0.05) is 18.2 Å². The molecule has 0 heterocycles. The lowest BCUT2D eigenvalue weighted by Crippen LogP contribution is -2.16. The Kier molecular flexibility index (Phi) is 5.84. The van der Waals surface area contributed by atoms with Crippen LogP contribution in [0, 0.1) is 12.7 Å². The minimum atomic E-state index is -3.83. The van der Waals surface area contributed by atoms with Crippen LogP contribution in [0.2, 0.25) is 0 Å². The van der Waals surface area contributed by atoms with Crippen molar-refractivity contribution in [3.05, 3.63) is 89.2 Å². The lowest BCUT2D eigenvalue weighted by atomic mass is 10.1. The van der Waals surface area contributed by atoms with Crippen molar-refractivity contribution in [1.82, 2.24) is 0 Å². The van der Waals surface area contributed by atoms with Crippen molar-refractivity contribution in [1.29, 1.82) is 0 Å². The molecule has 9 heteroatoms. The molecular formula is C21H18FN3O4S. The number of benzene rings is 3. The predicted molar refractivity (Wildman–Crippen MR) is 111 cm³/mol. The highest BCUT2D eigenvalue weighted by atomic mass is 32.2. The molecule has 0 radical (unpaired) electrons. The lowest BCUT2D eigenvalue weighted by Gasteiger charge is -2.11. The number of primary amides is 1. The molecule has 0 aliphatic heterocycles. The molecule has 0 aromatic heterocycles. The van der Waals surface area contributed by atoms with Crippen LogP contribution in [0.5, 0.6) is 0 Å². The first-order valence-electron chi connectivity index (χ1n) is 8.76. The number of carbonyl (C=O) groups excluding carboxylic acids is 2. The molecule has 7 nitrogen and oxygen atoms in total. The maximum atomic E-state index is 13.5. The van der Waals surface area contributed by atoms with Crippen LogP contribution in [-0.4, -0.2) is 20.2 Å². The molecule has 0 bridgehead atoms. The van der Waals surface area contributed by atoms with Crippen molar-refractivity contribution in [3.63, 3.8) is 0 Å². The van der Waals surface area contributed by atoms with Gasteiger partial charge in [-0.25, -0.2) is 12.8 Å². The van der Waals surface area contributed by atoms with E-state index in [9.17, 15) is 22.4 Å². The van der Waals surface area contributed by atoms with Crippen molar-refractivity contribution in [2.75, 3.05) is 10.0 Å². The van der Waals surface area contributed by atoms with Gasteiger partial charge in [-0.05, 0) is 61.0 Å². The molecule has 3 aromatic carbocycles. The predicted octanol–water partition coefficient (Wildman–Crippen LogP) is 3.29. The van der Waals surface area contributed by atoms with E-state index in [4.69, 9.17) is 5.73 Å². The zero-order valence-corrected chi connectivity index (χ0v) is 16.7. The summed E-state index contributed by atoms with van der Waals surface area (Å²) in [6, 6.07) is 15.7. The third-order valence-corrected chi connectivity index (χ3v) is 5.69. The molecule has 0 aliphatic carbocycles. The first kappa shape index (κ1) is 21.0. The maximum Gasteiger partial charge on any atom is 0.261 e. The van der Waals surface area contributed by atoms with Crippen LogP contribution in [0.4, 0.5) is 15.8 Å². The van der Waals surface area contributed by atoms with Gasteiger partial charge < -0.3 is 11.1 Å². The van der Waals surface area contributed by atoms with E-state index < -0.39 is 27.7 Å². The SMILES string of the molecule is Cc1ccccc1NS(=O)(=O)c1ccc(C(=O)Nc2ccc(F)c(C(N)=O)c2)cc1. The number of nitrogens with two attached hydrogens (primary N) is 1. The van der Waals surface area contributed by atoms with Gasteiger partial charge in [0.1, 0.15) is 5.82 Å². The Bertz CT molecular complexity index is 1230. The second-order valence-corrected chi connectivity index (χ2v) is 8.14. The monoisotopic (exact) mass is 427 g/mol. The minimum Gasteiger partial charge on any atom is -0.366 e. The topological polar surface area (TPSA) is 118 Å². The lowest BCUT2D eigenvalue weighted by molar-refractivity contribution is 0.0992. The van der Waals surface area contributed by atoms with Crippen LogP contribution >= 0.6 is 0 Å². The highest BCUT2D eigenvalue weighted by Gasteiger charge is 2.17. The normalized spacial score (nSPS) is 11.0. The summed E-state index contributed by atoms with van der Waals surface area (Å²) in [6.07, 6.45) is 0. The standard InChI is InChI=1S/C21H18FN3O4S/c1-13-4-2-3-5-19(13)25-30(28,29)16-9-6-14(7-10-16)21(27)24-15-8-11-18(22)17(12-15)20(23)26/h2-12,25H,1H3,(H2,23,26)(H,24,27). The molecule has 0 saturated heterocycles. The number of rotatable bonds is 6. The smallest absolute Gasteiger partial charge is 0.261 e. The number of nitrogens with one attached hydrogen (secondary N) is 2. The minimum absolute atomic E-state index is 0.0138. The largest absolute Gasteiger partial charge is 0.366 e. The second-order valence-electron chi connectivity index (χ2n) is 6.46. The second kappa shape index (κ2) is 8.34. The van der Waals surface area contributed by atoms with E-state index in [0.717, 1.165) is 17.7 Å². The van der Waals surface area contributed by atoms with Gasteiger partial charge in [0.15, 0.2) is 0 Å². The van der Waals surface area contributed by atoms with E-state index in [1.807, 2.05) is 0 Å². The molecule has 3 rings (SSSR count). The number of para-hydroxylation sites is 1. The fourth-order valence-corrected chi connectivity index (χ4v) is 3.80. The zero-order valence-electron chi connectivity index (χ0n) is 15.8. The van der Waals surface area contributed by atoms with E-state index in [2.05, 4.69) is 10.0 Å². The maximum absolute atomic E-state index is 13.5. The molecule has 30 heavy (non-hydrogen) atoms. The van der Waals surface area contributed by atoms with Crippen LogP contribution in [-0.2, 0) is 10.0 Å². The molecule has 0 atom stereocenters. The average molecular weight is 427 g/mol. The first-order valence-corrected chi connectivity index (χ1v) is 10.2. The Morgan fingerprint density at radius 2 is 1.63 bits per heavy atom. The van der Waals surface area contributed by atoms with E-state index in [1.54, 1.807) is 31.2 Å². The molecule has 4 N–H and O–H groups in total. The van der Waals surface area contributed by atoms with Crippen molar-refractivity contribution >= 4 is 33.2 Å². The summed E-state index contributed by atoms with van der Waals surface area (Å²) in [7, 11) is -3.83. The van der Waals surface area contributed by atoms with Gasteiger partial charge in [-0.2, -0.15) is 0 Å². The van der Waals surface area contributed by atoms with Gasteiger partial charge in [0.05, 0.1) is 16.1 Å². The summed E-state index contributed by atoms with van der Waals surface area (Å²) in [4.78, 5) is 23.6. The van der Waals surface area contributed by atoms with E-state index in [0.29, 0.717) is 5.69 Å². The van der Waals surface area contributed by atoms with Gasteiger partial charge in [0.25, 0.3) is 21.8 Å². The van der Waals surface area contributed by atoms with Crippen LogP contribution in [0.1, 0.15) is 26.3 Å². The fourth-order valence-electron chi connectivity index (χ4n) is 2.67. The van der Waals surface area contributed by atoms with E-state index in [-0.39, 0.29) is 21.7 Å². The van der Waals surface area contributed by atoms with E-state index in [1.165, 1.54) is 30.3 Å². The van der Waals surface area contributed by atoms with Gasteiger partial charge >= 0.3 is 0 Å². The average Bonchev–Trinajstić information content (AvgIpc) is 2.71. The number of sulfonamides is 1. The summed E-state index contributed by atoms with van der Waals surface area (Å²) in [6.45, 7) is 1.78.